The minimum absolute atomic E-state index is 0.0590. The molecule has 0 aliphatic carbocycles. The second kappa shape index (κ2) is 6.33. The molecule has 4 rings (SSSR count). The Morgan fingerprint density at radius 3 is 3.08 bits per heavy atom. The van der Waals surface area contributed by atoms with Gasteiger partial charge in [-0.1, -0.05) is 16.8 Å². The first-order valence-corrected chi connectivity index (χ1v) is 8.50. The van der Waals surface area contributed by atoms with Crippen LogP contribution in [-0.4, -0.2) is 55.1 Å². The van der Waals surface area contributed by atoms with E-state index in [0.717, 1.165) is 11.1 Å². The Hall–Kier alpha value is -2.67. The number of fused-ring (bicyclic) bond motifs is 1. The van der Waals surface area contributed by atoms with Gasteiger partial charge < -0.3 is 15.0 Å². The summed E-state index contributed by atoms with van der Waals surface area (Å²) in [5.74, 6) is 0.0590. The number of aliphatic hydroxyl groups excluding tert-OH is 1. The Kier molecular flexibility index (Phi) is 4.01. The van der Waals surface area contributed by atoms with Crippen molar-refractivity contribution in [1.82, 2.24) is 24.9 Å². The third-order valence-corrected chi connectivity index (χ3v) is 4.92. The molecule has 3 heterocycles. The van der Waals surface area contributed by atoms with Gasteiger partial charge in [0, 0.05) is 42.8 Å². The van der Waals surface area contributed by atoms with Crippen LogP contribution in [0.4, 0.5) is 0 Å². The number of aromatic nitrogens is 4. The van der Waals surface area contributed by atoms with Gasteiger partial charge in [0.1, 0.15) is 0 Å². The van der Waals surface area contributed by atoms with E-state index in [1.165, 1.54) is 10.9 Å². The average molecular weight is 339 g/mol. The van der Waals surface area contributed by atoms with E-state index in [-0.39, 0.29) is 11.9 Å². The number of amides is 1. The van der Waals surface area contributed by atoms with Gasteiger partial charge in [-0.15, -0.1) is 5.10 Å². The highest BCUT2D eigenvalue weighted by molar-refractivity contribution is 5.85. The van der Waals surface area contributed by atoms with Gasteiger partial charge in [0.2, 0.25) is 5.91 Å². The summed E-state index contributed by atoms with van der Waals surface area (Å²) in [5.41, 5.74) is 3.45. The second-order valence-electron chi connectivity index (χ2n) is 6.68. The van der Waals surface area contributed by atoms with Gasteiger partial charge in [-0.2, -0.15) is 0 Å². The van der Waals surface area contributed by atoms with Gasteiger partial charge >= 0.3 is 0 Å². The first kappa shape index (κ1) is 15.8. The van der Waals surface area contributed by atoms with Crippen molar-refractivity contribution in [2.45, 2.75) is 31.9 Å². The third kappa shape index (κ3) is 3.02. The number of benzene rings is 1. The quantitative estimate of drug-likeness (QED) is 0.753. The topological polar surface area (TPSA) is 87.0 Å². The predicted octanol–water partition coefficient (Wildman–Crippen LogP) is 1.44. The van der Waals surface area contributed by atoms with Gasteiger partial charge in [-0.3, -0.25) is 4.79 Å². The highest BCUT2D eigenvalue weighted by atomic mass is 16.3. The molecule has 0 bridgehead atoms. The lowest BCUT2D eigenvalue weighted by atomic mass is 10.1. The van der Waals surface area contributed by atoms with Crippen LogP contribution < -0.4 is 0 Å². The fourth-order valence-electron chi connectivity index (χ4n) is 3.53. The summed E-state index contributed by atoms with van der Waals surface area (Å²) in [7, 11) is 0. The van der Waals surface area contributed by atoms with Gasteiger partial charge in [-0.25, -0.2) is 4.68 Å². The maximum Gasteiger partial charge on any atom is 0.223 e. The van der Waals surface area contributed by atoms with Crippen LogP contribution >= 0.6 is 0 Å². The van der Waals surface area contributed by atoms with Crippen LogP contribution in [0.15, 0.2) is 36.8 Å². The highest BCUT2D eigenvalue weighted by Crippen LogP contribution is 2.24. The van der Waals surface area contributed by atoms with Gasteiger partial charge in [-0.05, 0) is 31.0 Å². The summed E-state index contributed by atoms with van der Waals surface area (Å²) in [6.07, 6.45) is 5.78. The van der Waals surface area contributed by atoms with Crippen LogP contribution in [-0.2, 0) is 11.2 Å². The molecule has 1 amide bonds. The fraction of sp³-hybridized carbons (Fsp3) is 0.389. The molecule has 2 N–H and O–H groups in total. The molecule has 1 fully saturated rings. The van der Waals surface area contributed by atoms with Crippen LogP contribution in [0.25, 0.3) is 10.9 Å². The van der Waals surface area contributed by atoms with E-state index in [2.05, 4.69) is 40.4 Å². The Morgan fingerprint density at radius 2 is 2.28 bits per heavy atom. The van der Waals surface area contributed by atoms with E-state index >= 15 is 0 Å². The number of carbonyl (C=O) groups excluding carboxylic acids is 1. The normalized spacial score (nSPS) is 20.5. The number of likely N-dealkylation sites (tertiary alicyclic amines) is 1. The number of rotatable bonds is 4. The second-order valence-corrected chi connectivity index (χ2v) is 6.68. The van der Waals surface area contributed by atoms with Crippen molar-refractivity contribution in [3.05, 3.63) is 47.9 Å². The zero-order valence-electron chi connectivity index (χ0n) is 14.1. The monoisotopic (exact) mass is 339 g/mol. The molecule has 25 heavy (non-hydrogen) atoms. The molecule has 1 aliphatic rings. The fourth-order valence-corrected chi connectivity index (χ4v) is 3.53. The first-order valence-electron chi connectivity index (χ1n) is 8.50. The first-order chi connectivity index (χ1) is 12.1. The molecular weight excluding hydrogens is 318 g/mol. The Morgan fingerprint density at radius 1 is 1.40 bits per heavy atom. The number of aliphatic hydroxyl groups is 1. The molecule has 0 unspecified atom stereocenters. The lowest BCUT2D eigenvalue weighted by Gasteiger charge is -2.16. The molecule has 2 aromatic heterocycles. The number of hydrogen-bond acceptors (Lipinski definition) is 4. The van der Waals surface area contributed by atoms with Crippen molar-refractivity contribution in [2.75, 3.05) is 13.1 Å². The van der Waals surface area contributed by atoms with Crippen LogP contribution in [0.2, 0.25) is 0 Å². The zero-order chi connectivity index (χ0) is 17.4. The Balaban J connectivity index is 1.41. The average Bonchev–Trinajstić information content (AvgIpc) is 3.31. The lowest BCUT2D eigenvalue weighted by molar-refractivity contribution is -0.130. The van der Waals surface area contributed by atoms with Crippen molar-refractivity contribution in [2.24, 2.45) is 0 Å². The minimum atomic E-state index is -0.610. The molecule has 2 atom stereocenters. The smallest absolute Gasteiger partial charge is 0.223 e. The van der Waals surface area contributed by atoms with E-state index in [1.54, 1.807) is 22.0 Å². The molecule has 0 radical (unpaired) electrons. The summed E-state index contributed by atoms with van der Waals surface area (Å²) in [4.78, 5) is 17.5. The molecule has 1 aliphatic heterocycles. The summed E-state index contributed by atoms with van der Waals surface area (Å²) in [6.45, 7) is 2.88. The van der Waals surface area contributed by atoms with E-state index in [0.29, 0.717) is 25.9 Å². The van der Waals surface area contributed by atoms with E-state index in [1.807, 2.05) is 6.20 Å². The minimum Gasteiger partial charge on any atom is -0.389 e. The summed E-state index contributed by atoms with van der Waals surface area (Å²) >= 11 is 0. The van der Waals surface area contributed by atoms with Crippen LogP contribution in [0.1, 0.15) is 23.6 Å². The number of nitrogens with zero attached hydrogens (tertiary/aromatic N) is 4. The van der Waals surface area contributed by atoms with Crippen molar-refractivity contribution in [1.29, 1.82) is 0 Å². The molecule has 0 spiro atoms. The van der Waals surface area contributed by atoms with Crippen LogP contribution in [0.3, 0.4) is 0 Å². The number of hydrogen-bond donors (Lipinski definition) is 2. The summed E-state index contributed by atoms with van der Waals surface area (Å²) in [5, 5.41) is 19.1. The van der Waals surface area contributed by atoms with Crippen molar-refractivity contribution in [3.8, 4) is 0 Å². The summed E-state index contributed by atoms with van der Waals surface area (Å²) < 4.78 is 1.63. The SMILES string of the molecule is Cc1ccc2[nH]cc(CCC(=O)N3C[C@@H](O)[C@H](n4ccnn4)C3)c2c1. The maximum atomic E-state index is 12.6. The van der Waals surface area contributed by atoms with E-state index in [9.17, 15) is 9.90 Å². The van der Waals surface area contributed by atoms with Gasteiger partial charge in [0.25, 0.3) is 0 Å². The van der Waals surface area contributed by atoms with Gasteiger partial charge in [0.05, 0.1) is 18.3 Å². The summed E-state index contributed by atoms with van der Waals surface area (Å²) in [6, 6.07) is 6.06. The number of H-pyrrole nitrogens is 1. The third-order valence-electron chi connectivity index (χ3n) is 4.92. The Labute approximate surface area is 145 Å². The van der Waals surface area contributed by atoms with Crippen molar-refractivity contribution < 1.29 is 9.90 Å². The number of β-amino-alcohol motifs (C(OH)–C–C–N with tert-alkyl or cyclic N) is 1. The number of aromatic amines is 1. The Bertz CT molecular complexity index is 886. The maximum absolute atomic E-state index is 12.6. The number of carbonyl (C=O) groups is 1. The van der Waals surface area contributed by atoms with E-state index in [4.69, 9.17) is 0 Å². The molecule has 1 saturated heterocycles. The van der Waals surface area contributed by atoms with Crippen LogP contribution in [0, 0.1) is 6.92 Å². The lowest BCUT2D eigenvalue weighted by Crippen LogP contribution is -2.29. The van der Waals surface area contributed by atoms with Crippen molar-refractivity contribution >= 4 is 16.8 Å². The molecule has 3 aromatic rings. The number of aryl methyl sites for hydroxylation is 2. The zero-order valence-corrected chi connectivity index (χ0v) is 14.1. The predicted molar refractivity (Wildman–Crippen MR) is 93.0 cm³/mol. The molecule has 7 heteroatoms. The van der Waals surface area contributed by atoms with Crippen molar-refractivity contribution in [3.63, 3.8) is 0 Å². The van der Waals surface area contributed by atoms with Crippen LogP contribution in [0.5, 0.6) is 0 Å². The molecule has 130 valence electrons. The number of nitrogens with one attached hydrogen (secondary N) is 1. The molecule has 1 aromatic carbocycles. The van der Waals surface area contributed by atoms with Gasteiger partial charge in [0.15, 0.2) is 0 Å². The molecule has 7 nitrogen and oxygen atoms in total. The standard InChI is InChI=1S/C18H21N5O2/c1-12-2-4-15-14(8-12)13(9-19-15)3-5-18(25)22-10-16(17(24)11-22)23-7-6-20-21-23/h2,4,6-9,16-17,19,24H,3,5,10-11H2,1H3/t16-,17-/m1/s1. The van der Waals surface area contributed by atoms with E-state index < -0.39 is 6.10 Å². The molecular formula is C18H21N5O2. The highest BCUT2D eigenvalue weighted by Gasteiger charge is 2.35. The largest absolute Gasteiger partial charge is 0.389 e. The molecule has 0 saturated carbocycles.